The second-order valence-electron chi connectivity index (χ2n) is 10.8. The molecule has 0 aromatic heterocycles. The Hall–Kier alpha value is -0.640. The van der Waals surface area contributed by atoms with E-state index in [4.69, 9.17) is 75.8 Å². The molecular formula is C29H54O16. The topological polar surface area (TPSA) is 148 Å². The molecule has 16 nitrogen and oxygen atoms in total. The largest absolute Gasteiger partial charge is 0.382 e. The van der Waals surface area contributed by atoms with Crippen LogP contribution in [0.4, 0.5) is 0 Å². The zero-order valence-corrected chi connectivity index (χ0v) is 28.3. The monoisotopic (exact) mass is 658 g/mol. The van der Waals surface area contributed by atoms with E-state index < -0.39 is 92.1 Å². The van der Waals surface area contributed by atoms with E-state index in [0.29, 0.717) is 0 Å². The summed E-state index contributed by atoms with van der Waals surface area (Å²) < 4.78 is 95.3. The van der Waals surface area contributed by atoms with Gasteiger partial charge < -0.3 is 75.8 Å². The molecule has 0 amide bonds. The summed E-state index contributed by atoms with van der Waals surface area (Å²) in [6.07, 6.45) is -10.6. The maximum absolute atomic E-state index is 6.68. The van der Waals surface area contributed by atoms with Crippen molar-refractivity contribution >= 4 is 0 Å². The molecule has 0 unspecified atom stereocenters. The predicted molar refractivity (Wildman–Crippen MR) is 154 cm³/mol. The highest BCUT2D eigenvalue weighted by molar-refractivity contribution is 4.98. The molecule has 3 heterocycles. The molecule has 0 N–H and O–H groups in total. The Bertz CT molecular complexity index is 810. The molecule has 0 aliphatic carbocycles. The lowest BCUT2D eigenvalue weighted by molar-refractivity contribution is -0.406. The molecule has 3 saturated heterocycles. The van der Waals surface area contributed by atoms with E-state index in [9.17, 15) is 0 Å². The Kier molecular flexibility index (Phi) is 16.7. The quantitative estimate of drug-likeness (QED) is 0.188. The number of ether oxygens (including phenoxy) is 16. The van der Waals surface area contributed by atoms with E-state index in [-0.39, 0.29) is 19.8 Å². The lowest BCUT2D eigenvalue weighted by atomic mass is 9.96. The molecule has 0 saturated carbocycles. The van der Waals surface area contributed by atoms with Gasteiger partial charge in [0.2, 0.25) is 0 Å². The molecule has 45 heavy (non-hydrogen) atoms. The van der Waals surface area contributed by atoms with Crippen LogP contribution in [0.5, 0.6) is 0 Å². The summed E-state index contributed by atoms with van der Waals surface area (Å²) >= 11 is 0. The third-order valence-electron chi connectivity index (χ3n) is 8.50. The second kappa shape index (κ2) is 19.4. The molecular weight excluding hydrogens is 604 g/mol. The van der Waals surface area contributed by atoms with Crippen molar-refractivity contribution in [1.82, 2.24) is 0 Å². The van der Waals surface area contributed by atoms with Crippen LogP contribution in [0, 0.1) is 0 Å². The summed E-state index contributed by atoms with van der Waals surface area (Å²) in [6, 6.07) is 0. The van der Waals surface area contributed by atoms with Crippen LogP contribution in [-0.4, -0.2) is 190 Å². The molecule has 3 aliphatic rings. The fraction of sp³-hybridized carbons (Fsp3) is 1.00. The standard InChI is InChI=1S/C29H54O16/c1-30-12-15-18(33-4)21(36-7)24(39-10)27(41-15)44-26-23(38-9)20(35-6)17(14-32-3)43-29(26)45-28-25(40-11)22(37-8)19(34-5)16(42-28)13-31-2/h15-29H,12-14H2,1-11H3/t15-,16-,17-,18+,19-,20-,21+,22+,23+,24-,25-,26-,27+,28-,29-/m1/s1. The van der Waals surface area contributed by atoms with Crippen LogP contribution < -0.4 is 0 Å². The van der Waals surface area contributed by atoms with E-state index in [1.165, 1.54) is 14.2 Å². The summed E-state index contributed by atoms with van der Waals surface area (Å²) in [6.45, 7) is 0.608. The smallest absolute Gasteiger partial charge is 0.190 e. The van der Waals surface area contributed by atoms with Gasteiger partial charge in [0.25, 0.3) is 0 Å². The normalized spacial score (nSPS) is 42.6. The molecule has 0 bridgehead atoms. The Morgan fingerprint density at radius 3 is 0.867 bits per heavy atom. The predicted octanol–water partition coefficient (Wildman–Crippen LogP) is -0.378. The minimum absolute atomic E-state index is 0.181. The molecule has 16 heteroatoms. The fourth-order valence-electron chi connectivity index (χ4n) is 6.45. The van der Waals surface area contributed by atoms with Crippen LogP contribution in [0.3, 0.4) is 0 Å². The maximum Gasteiger partial charge on any atom is 0.190 e. The zero-order chi connectivity index (χ0) is 33.1. The first kappa shape index (κ1) is 38.8. The first-order chi connectivity index (χ1) is 21.9. The number of rotatable bonds is 18. The lowest BCUT2D eigenvalue weighted by Crippen LogP contribution is -2.67. The van der Waals surface area contributed by atoms with Crippen molar-refractivity contribution in [1.29, 1.82) is 0 Å². The lowest BCUT2D eigenvalue weighted by Gasteiger charge is -2.50. The molecule has 0 radical (unpaired) electrons. The van der Waals surface area contributed by atoms with Gasteiger partial charge in [-0.2, -0.15) is 0 Å². The summed E-state index contributed by atoms with van der Waals surface area (Å²) in [5, 5.41) is 0. The zero-order valence-electron chi connectivity index (χ0n) is 28.3. The van der Waals surface area contributed by atoms with Crippen LogP contribution in [-0.2, 0) is 75.8 Å². The maximum atomic E-state index is 6.68. The number of hydrogen-bond donors (Lipinski definition) is 0. The van der Waals surface area contributed by atoms with Gasteiger partial charge in [-0.15, -0.1) is 0 Å². The third kappa shape index (κ3) is 8.70. The van der Waals surface area contributed by atoms with Crippen molar-refractivity contribution in [3.8, 4) is 0 Å². The van der Waals surface area contributed by atoms with Gasteiger partial charge in [0, 0.05) is 78.2 Å². The summed E-state index contributed by atoms with van der Waals surface area (Å²) in [4.78, 5) is 0. The molecule has 266 valence electrons. The van der Waals surface area contributed by atoms with E-state index in [1.54, 1.807) is 64.0 Å². The van der Waals surface area contributed by atoms with Crippen molar-refractivity contribution in [2.45, 2.75) is 92.1 Å². The van der Waals surface area contributed by atoms with Gasteiger partial charge in [0.1, 0.15) is 73.2 Å². The van der Waals surface area contributed by atoms with Gasteiger partial charge in [0.15, 0.2) is 18.9 Å². The van der Waals surface area contributed by atoms with Gasteiger partial charge in [-0.05, 0) is 0 Å². The average molecular weight is 659 g/mol. The van der Waals surface area contributed by atoms with Gasteiger partial charge in [-0.3, -0.25) is 0 Å². The Balaban J connectivity index is 2.01. The fourth-order valence-corrected chi connectivity index (χ4v) is 6.45. The van der Waals surface area contributed by atoms with Crippen molar-refractivity contribution in [2.75, 3.05) is 98.0 Å². The Labute approximate surface area is 266 Å². The number of hydrogen-bond acceptors (Lipinski definition) is 16. The third-order valence-corrected chi connectivity index (χ3v) is 8.50. The van der Waals surface area contributed by atoms with Crippen LogP contribution in [0.1, 0.15) is 0 Å². The molecule has 3 aliphatic heterocycles. The molecule has 15 atom stereocenters. The average Bonchev–Trinajstić information content (AvgIpc) is 3.05. The highest BCUT2D eigenvalue weighted by Crippen LogP contribution is 2.36. The van der Waals surface area contributed by atoms with E-state index in [1.807, 2.05) is 0 Å². The van der Waals surface area contributed by atoms with Crippen LogP contribution in [0.2, 0.25) is 0 Å². The van der Waals surface area contributed by atoms with Crippen molar-refractivity contribution in [3.63, 3.8) is 0 Å². The van der Waals surface area contributed by atoms with Crippen LogP contribution in [0.15, 0.2) is 0 Å². The first-order valence-corrected chi connectivity index (χ1v) is 14.8. The minimum atomic E-state index is -1.10. The summed E-state index contributed by atoms with van der Waals surface area (Å²) in [5.74, 6) is 0. The molecule has 0 spiro atoms. The van der Waals surface area contributed by atoms with Gasteiger partial charge in [0.05, 0.1) is 19.8 Å². The summed E-state index contributed by atoms with van der Waals surface area (Å²) in [7, 11) is 17.2. The summed E-state index contributed by atoms with van der Waals surface area (Å²) in [5.41, 5.74) is 0. The SMILES string of the molecule is COC[C@H]1O[C@@H](O[C@H]2[C@@H](O[C@H]3O[C@H](COC)[C@@H](OC)[C@H](OC)[C@H]3OC)O[C@H](COC)[C@@H](OC)[C@@H]2OC)[C@H](OC)[C@@H](OC)[C@H]1OC. The highest BCUT2D eigenvalue weighted by atomic mass is 16.8. The van der Waals surface area contributed by atoms with E-state index in [0.717, 1.165) is 0 Å². The van der Waals surface area contributed by atoms with Crippen LogP contribution >= 0.6 is 0 Å². The van der Waals surface area contributed by atoms with E-state index >= 15 is 0 Å². The van der Waals surface area contributed by atoms with Crippen molar-refractivity contribution < 1.29 is 75.8 Å². The Morgan fingerprint density at radius 1 is 0.311 bits per heavy atom. The minimum Gasteiger partial charge on any atom is -0.382 e. The number of methoxy groups -OCH3 is 11. The first-order valence-electron chi connectivity index (χ1n) is 14.8. The van der Waals surface area contributed by atoms with Gasteiger partial charge in [-0.1, -0.05) is 0 Å². The van der Waals surface area contributed by atoms with Crippen molar-refractivity contribution in [3.05, 3.63) is 0 Å². The molecule has 3 rings (SSSR count). The van der Waals surface area contributed by atoms with Gasteiger partial charge in [-0.25, -0.2) is 0 Å². The molecule has 0 aromatic carbocycles. The van der Waals surface area contributed by atoms with Crippen molar-refractivity contribution in [2.24, 2.45) is 0 Å². The van der Waals surface area contributed by atoms with E-state index in [2.05, 4.69) is 0 Å². The molecule has 3 fully saturated rings. The van der Waals surface area contributed by atoms with Gasteiger partial charge >= 0.3 is 0 Å². The highest BCUT2D eigenvalue weighted by Gasteiger charge is 2.56. The molecule has 0 aromatic rings. The second-order valence-corrected chi connectivity index (χ2v) is 10.8. The van der Waals surface area contributed by atoms with Crippen LogP contribution in [0.25, 0.3) is 0 Å². The Morgan fingerprint density at radius 2 is 0.578 bits per heavy atom.